The van der Waals surface area contributed by atoms with Crippen molar-refractivity contribution < 1.29 is 13.3 Å². The first-order valence-corrected chi connectivity index (χ1v) is 12.8. The topological polar surface area (TPSA) is 80.5 Å². The lowest BCUT2D eigenvalue weighted by atomic mass is 10.1. The van der Waals surface area contributed by atoms with Gasteiger partial charge in [0.25, 0.3) is 10.0 Å². The van der Waals surface area contributed by atoms with Crippen LogP contribution in [0, 0.1) is 10.1 Å². The van der Waals surface area contributed by atoms with Crippen molar-refractivity contribution in [3.05, 3.63) is 34.4 Å². The average molecular weight is 429 g/mol. The van der Waals surface area contributed by atoms with Gasteiger partial charge in [0.15, 0.2) is 0 Å². The molecule has 1 aliphatic rings. The van der Waals surface area contributed by atoms with Crippen molar-refractivity contribution in [3.8, 4) is 0 Å². The Labute approximate surface area is 177 Å². The van der Waals surface area contributed by atoms with E-state index in [4.69, 9.17) is 0 Å². The molecule has 0 heterocycles. The number of nitro groups is 1. The van der Waals surface area contributed by atoms with Crippen molar-refractivity contribution in [2.24, 2.45) is 0 Å². The van der Waals surface area contributed by atoms with Crippen LogP contribution in [0.15, 0.2) is 24.3 Å². The third kappa shape index (κ3) is 7.85. The lowest BCUT2D eigenvalue weighted by Crippen LogP contribution is -2.53. The SMILES string of the molecule is CCCCCCCCN(CCCCCCCC)S(=O)(=O)C1([N+](=O)[O-])C=CC=CC1. The number of hydrogen-bond donors (Lipinski definition) is 0. The Hall–Kier alpha value is -1.21. The van der Waals surface area contributed by atoms with E-state index in [1.807, 2.05) is 0 Å². The molecule has 0 saturated heterocycles. The zero-order valence-corrected chi connectivity index (χ0v) is 19.2. The number of nitrogens with zero attached hydrogens (tertiary/aromatic N) is 2. The van der Waals surface area contributed by atoms with E-state index in [2.05, 4.69) is 13.8 Å². The van der Waals surface area contributed by atoms with Gasteiger partial charge in [-0.05, 0) is 12.8 Å². The van der Waals surface area contributed by atoms with Crippen molar-refractivity contribution in [3.63, 3.8) is 0 Å². The predicted molar refractivity (Wildman–Crippen MR) is 120 cm³/mol. The molecule has 0 N–H and O–H groups in total. The van der Waals surface area contributed by atoms with Gasteiger partial charge in [-0.3, -0.25) is 10.1 Å². The van der Waals surface area contributed by atoms with E-state index in [9.17, 15) is 18.5 Å². The molecule has 1 atom stereocenters. The van der Waals surface area contributed by atoms with Crippen molar-refractivity contribution >= 4 is 10.0 Å². The normalized spacial score (nSPS) is 19.1. The van der Waals surface area contributed by atoms with Crippen molar-refractivity contribution in [2.45, 2.75) is 102 Å². The highest BCUT2D eigenvalue weighted by molar-refractivity contribution is 7.90. The van der Waals surface area contributed by atoms with Gasteiger partial charge in [-0.1, -0.05) is 96.3 Å². The molecule has 0 amide bonds. The molecule has 29 heavy (non-hydrogen) atoms. The number of allylic oxidation sites excluding steroid dienone is 2. The molecule has 0 aromatic heterocycles. The van der Waals surface area contributed by atoms with Gasteiger partial charge in [0.2, 0.25) is 0 Å². The van der Waals surface area contributed by atoms with Crippen LogP contribution in [0.25, 0.3) is 0 Å². The van der Waals surface area contributed by atoms with Crippen molar-refractivity contribution in [1.29, 1.82) is 0 Å². The van der Waals surface area contributed by atoms with Gasteiger partial charge in [0.1, 0.15) is 0 Å². The van der Waals surface area contributed by atoms with Gasteiger partial charge in [-0.2, -0.15) is 4.31 Å². The monoisotopic (exact) mass is 428 g/mol. The second-order valence-corrected chi connectivity index (χ2v) is 10.2. The highest BCUT2D eigenvalue weighted by atomic mass is 32.2. The molecule has 0 spiro atoms. The van der Waals surface area contributed by atoms with Gasteiger partial charge in [0.05, 0.1) is 6.42 Å². The third-order valence-corrected chi connectivity index (χ3v) is 8.02. The van der Waals surface area contributed by atoms with Gasteiger partial charge < -0.3 is 0 Å². The molecular formula is C22H40N2O4S. The highest BCUT2D eigenvalue weighted by Gasteiger charge is 2.55. The maximum absolute atomic E-state index is 13.4. The number of unbranched alkanes of at least 4 members (excludes halogenated alkanes) is 10. The first-order valence-electron chi connectivity index (χ1n) is 11.4. The Balaban J connectivity index is 2.79. The fourth-order valence-corrected chi connectivity index (χ4v) is 5.65. The zero-order valence-electron chi connectivity index (χ0n) is 18.4. The lowest BCUT2D eigenvalue weighted by Gasteiger charge is -2.30. The molecule has 6 nitrogen and oxygen atoms in total. The van der Waals surface area contributed by atoms with Crippen LogP contribution in [0.1, 0.15) is 97.3 Å². The summed E-state index contributed by atoms with van der Waals surface area (Å²) in [5.74, 6) is 0. The van der Waals surface area contributed by atoms with Crippen LogP contribution in [-0.4, -0.2) is 35.6 Å². The van der Waals surface area contributed by atoms with Gasteiger partial charge in [0, 0.05) is 24.1 Å². The Morgan fingerprint density at radius 1 is 0.862 bits per heavy atom. The smallest absolute Gasteiger partial charge is 0.262 e. The highest BCUT2D eigenvalue weighted by Crippen LogP contribution is 2.31. The van der Waals surface area contributed by atoms with Gasteiger partial charge in [-0.25, -0.2) is 8.42 Å². The summed E-state index contributed by atoms with van der Waals surface area (Å²) < 4.78 is 28.2. The summed E-state index contributed by atoms with van der Waals surface area (Å²) in [6.45, 7) is 5.07. The van der Waals surface area contributed by atoms with E-state index in [-0.39, 0.29) is 6.42 Å². The molecule has 7 heteroatoms. The first-order chi connectivity index (χ1) is 13.9. The van der Waals surface area contributed by atoms with Gasteiger partial charge in [-0.15, -0.1) is 0 Å². The number of sulfonamides is 1. The maximum Gasteiger partial charge on any atom is 0.354 e. The molecule has 0 saturated carbocycles. The molecule has 0 fully saturated rings. The number of rotatable bonds is 17. The van der Waals surface area contributed by atoms with Gasteiger partial charge >= 0.3 is 4.87 Å². The van der Waals surface area contributed by atoms with Crippen LogP contribution in [0.3, 0.4) is 0 Å². The van der Waals surface area contributed by atoms with E-state index in [1.165, 1.54) is 42.1 Å². The predicted octanol–water partition coefficient (Wildman–Crippen LogP) is 5.83. The van der Waals surface area contributed by atoms with Crippen LogP contribution in [0.4, 0.5) is 0 Å². The maximum atomic E-state index is 13.4. The lowest BCUT2D eigenvalue weighted by molar-refractivity contribution is -0.526. The molecule has 1 aliphatic carbocycles. The van der Waals surface area contributed by atoms with Crippen LogP contribution in [0.2, 0.25) is 0 Å². The third-order valence-electron chi connectivity index (χ3n) is 5.63. The Morgan fingerprint density at radius 2 is 1.34 bits per heavy atom. The van der Waals surface area contributed by atoms with Crippen molar-refractivity contribution in [2.75, 3.05) is 13.1 Å². The largest absolute Gasteiger partial charge is 0.354 e. The minimum atomic E-state index is -4.08. The van der Waals surface area contributed by atoms with E-state index in [1.54, 1.807) is 12.2 Å². The average Bonchev–Trinajstić information content (AvgIpc) is 2.71. The zero-order chi connectivity index (χ0) is 21.6. The van der Waals surface area contributed by atoms with Crippen LogP contribution in [0.5, 0.6) is 0 Å². The van der Waals surface area contributed by atoms with Crippen LogP contribution in [-0.2, 0) is 10.0 Å². The molecular weight excluding hydrogens is 388 g/mol. The van der Waals surface area contributed by atoms with E-state index >= 15 is 0 Å². The fraction of sp³-hybridized carbons (Fsp3) is 0.818. The van der Waals surface area contributed by atoms with Crippen LogP contribution >= 0.6 is 0 Å². The molecule has 0 radical (unpaired) electrons. The molecule has 0 bridgehead atoms. The van der Waals surface area contributed by atoms with Crippen molar-refractivity contribution in [1.82, 2.24) is 4.31 Å². The summed E-state index contributed by atoms with van der Waals surface area (Å²) >= 11 is 0. The first kappa shape index (κ1) is 25.8. The Bertz CT molecular complexity index is 615. The molecule has 0 aromatic carbocycles. The second-order valence-electron chi connectivity index (χ2n) is 8.03. The minimum absolute atomic E-state index is 0.109. The summed E-state index contributed by atoms with van der Waals surface area (Å²) in [6.07, 6.45) is 18.5. The Kier molecular flexibility index (Phi) is 12.4. The summed E-state index contributed by atoms with van der Waals surface area (Å²) in [5, 5.41) is 11.8. The molecule has 1 rings (SSSR count). The van der Waals surface area contributed by atoms with Crippen LogP contribution < -0.4 is 0 Å². The number of hydrogen-bond acceptors (Lipinski definition) is 4. The summed E-state index contributed by atoms with van der Waals surface area (Å²) in [6, 6.07) is 0. The fourth-order valence-electron chi connectivity index (χ4n) is 3.72. The van der Waals surface area contributed by atoms with E-state index in [0.29, 0.717) is 13.1 Å². The Morgan fingerprint density at radius 3 is 1.76 bits per heavy atom. The summed E-state index contributed by atoms with van der Waals surface area (Å²) in [7, 11) is -4.08. The second kappa shape index (κ2) is 13.9. The molecule has 168 valence electrons. The molecule has 0 aliphatic heterocycles. The molecule has 1 unspecified atom stereocenters. The quantitative estimate of drug-likeness (QED) is 0.166. The summed E-state index contributed by atoms with van der Waals surface area (Å²) in [4.78, 5) is 9.15. The van der Waals surface area contributed by atoms with E-state index < -0.39 is 19.8 Å². The molecule has 0 aromatic rings. The standard InChI is InChI=1S/C22H40N2O4S/c1-3-5-7-9-11-16-20-23(21-17-12-10-8-6-4-2)29(27,28)22(24(25)26)18-14-13-15-19-22/h13-15,18H,3-12,16-17,19-21H2,1-2H3. The summed E-state index contributed by atoms with van der Waals surface area (Å²) in [5.41, 5.74) is 0. The van der Waals surface area contributed by atoms with E-state index in [0.717, 1.165) is 51.4 Å². The minimum Gasteiger partial charge on any atom is -0.262 e.